The first-order valence-electron chi connectivity index (χ1n) is 14.8. The summed E-state index contributed by atoms with van der Waals surface area (Å²) in [5.41, 5.74) is 1.64. The molecule has 1 aromatic carbocycles. The minimum atomic E-state index is -0.310. The van der Waals surface area contributed by atoms with Crippen molar-refractivity contribution in [1.82, 2.24) is 20.3 Å². The second-order valence-electron chi connectivity index (χ2n) is 10.3. The number of carbonyl (C=O) groups excluding carboxylic acids is 3. The highest BCUT2D eigenvalue weighted by atomic mass is 16.6. The van der Waals surface area contributed by atoms with E-state index in [1.165, 1.54) is 12.1 Å². The van der Waals surface area contributed by atoms with Gasteiger partial charge in [0, 0.05) is 31.1 Å². The van der Waals surface area contributed by atoms with Crippen LogP contribution >= 0.6 is 0 Å². The van der Waals surface area contributed by atoms with Crippen molar-refractivity contribution in [1.29, 1.82) is 0 Å². The third kappa shape index (κ3) is 14.3. The highest BCUT2D eigenvalue weighted by molar-refractivity contribution is 6.25. The lowest BCUT2D eigenvalue weighted by atomic mass is 9.90. The zero-order chi connectivity index (χ0) is 32.2. The minimum absolute atomic E-state index is 0.0281. The molecule has 13 heteroatoms. The van der Waals surface area contributed by atoms with Gasteiger partial charge >= 0.3 is 0 Å². The van der Waals surface area contributed by atoms with Gasteiger partial charge in [-0.15, -0.1) is 5.10 Å². The first kappa shape index (κ1) is 36.7. The molecular weight excluding hydrogens is 572 g/mol. The van der Waals surface area contributed by atoms with Crippen molar-refractivity contribution < 1.29 is 43.2 Å². The van der Waals surface area contributed by atoms with E-state index in [4.69, 9.17) is 23.7 Å². The van der Waals surface area contributed by atoms with Crippen LogP contribution in [0.4, 0.5) is 0 Å². The summed E-state index contributed by atoms with van der Waals surface area (Å²) in [6, 6.07) is 4.50. The molecule has 2 aromatic rings. The molecule has 3 rings (SSSR count). The van der Waals surface area contributed by atoms with Crippen LogP contribution in [0, 0.1) is 5.92 Å². The van der Waals surface area contributed by atoms with Crippen LogP contribution in [-0.2, 0) is 41.6 Å². The number of aromatic hydroxyl groups is 1. The van der Waals surface area contributed by atoms with Crippen LogP contribution in [0.2, 0.25) is 0 Å². The van der Waals surface area contributed by atoms with Crippen molar-refractivity contribution in [2.24, 2.45) is 5.92 Å². The predicted molar refractivity (Wildman–Crippen MR) is 162 cm³/mol. The minimum Gasteiger partial charge on any atom is -0.507 e. The Hall–Kier alpha value is -3.49. The van der Waals surface area contributed by atoms with Gasteiger partial charge in [0.15, 0.2) is 11.6 Å². The van der Waals surface area contributed by atoms with Crippen LogP contribution < -0.4 is 5.32 Å². The fourth-order valence-corrected chi connectivity index (χ4v) is 3.79. The fraction of sp³-hybridized carbons (Fsp3) is 0.581. The predicted octanol–water partition coefficient (Wildman–Crippen LogP) is 2.76. The maximum Gasteiger partial charge on any atom is 0.222 e. The van der Waals surface area contributed by atoms with E-state index in [1.807, 2.05) is 10.9 Å². The highest BCUT2D eigenvalue weighted by Crippen LogP contribution is 2.27. The molecule has 44 heavy (non-hydrogen) atoms. The third-order valence-electron chi connectivity index (χ3n) is 6.25. The van der Waals surface area contributed by atoms with Crippen molar-refractivity contribution in [3.63, 3.8) is 0 Å². The molecule has 0 saturated carbocycles. The van der Waals surface area contributed by atoms with Gasteiger partial charge in [-0.3, -0.25) is 19.1 Å². The number of ether oxygens (including phenoxy) is 5. The standard InChI is InChI=1S/C20H38N4O6.C11H8O3/c1-18(2)4-6-24-16-19(22-23-24)17-30-15-14-29-13-12-28-11-10-27-9-8-26-7-5-20(25)21-3;1-6-5-9(13)10-7(11(6)14)3-2-4-8(10)12/h16,18H,4-15,17H2,1-3H3,(H,21,25);2-5,12H,1H3. The number of carbonyl (C=O) groups is 3. The molecule has 0 saturated heterocycles. The second kappa shape index (κ2) is 21.3. The highest BCUT2D eigenvalue weighted by Gasteiger charge is 2.25. The normalized spacial score (nSPS) is 12.5. The Morgan fingerprint density at radius 1 is 0.932 bits per heavy atom. The molecular formula is C31H46N4O9. The van der Waals surface area contributed by atoms with Gasteiger partial charge in [-0.25, -0.2) is 0 Å². The average molecular weight is 619 g/mol. The zero-order valence-corrected chi connectivity index (χ0v) is 26.2. The number of rotatable bonds is 20. The van der Waals surface area contributed by atoms with Crippen LogP contribution in [-0.4, -0.2) is 104 Å². The van der Waals surface area contributed by atoms with Crippen molar-refractivity contribution in [2.45, 2.75) is 46.8 Å². The molecule has 13 nitrogen and oxygen atoms in total. The molecule has 1 aromatic heterocycles. The SMILES string of the molecule is CC1=CC(=O)c2c(O)cccc2C1=O.CNC(=O)CCOCCOCCOCCOCCOCc1cn(CCC(C)C)nn1. The summed E-state index contributed by atoms with van der Waals surface area (Å²) < 4.78 is 28.9. The van der Waals surface area contributed by atoms with E-state index < -0.39 is 0 Å². The van der Waals surface area contributed by atoms with Gasteiger partial charge in [0.25, 0.3) is 0 Å². The summed E-state index contributed by atoms with van der Waals surface area (Å²) in [7, 11) is 1.61. The Kier molecular flexibility index (Phi) is 17.7. The van der Waals surface area contributed by atoms with Gasteiger partial charge < -0.3 is 34.1 Å². The molecule has 0 bridgehead atoms. The Morgan fingerprint density at radius 2 is 1.52 bits per heavy atom. The molecule has 1 aliphatic rings. The number of allylic oxidation sites excluding steroid dienone is 2. The number of nitrogens with zero attached hydrogens (tertiary/aromatic N) is 3. The van der Waals surface area contributed by atoms with E-state index in [0.717, 1.165) is 18.7 Å². The van der Waals surface area contributed by atoms with Crippen LogP contribution in [0.15, 0.2) is 36.0 Å². The molecule has 0 radical (unpaired) electrons. The largest absolute Gasteiger partial charge is 0.507 e. The number of benzene rings is 1. The maximum absolute atomic E-state index is 11.6. The summed E-state index contributed by atoms with van der Waals surface area (Å²) >= 11 is 0. The molecule has 0 fully saturated rings. The Morgan fingerprint density at radius 3 is 2.11 bits per heavy atom. The van der Waals surface area contributed by atoms with Crippen LogP contribution in [0.1, 0.15) is 60.0 Å². The number of nitrogens with one attached hydrogen (secondary N) is 1. The summed E-state index contributed by atoms with van der Waals surface area (Å²) in [4.78, 5) is 34.0. The number of aryl methyl sites for hydroxylation is 1. The first-order valence-corrected chi connectivity index (χ1v) is 14.8. The second-order valence-corrected chi connectivity index (χ2v) is 10.3. The topological polar surface area (TPSA) is 160 Å². The lowest BCUT2D eigenvalue weighted by Gasteiger charge is -2.12. The van der Waals surface area contributed by atoms with E-state index in [9.17, 15) is 19.5 Å². The number of aromatic nitrogens is 3. The molecule has 2 N–H and O–H groups in total. The number of hydrogen-bond acceptors (Lipinski definition) is 11. The van der Waals surface area contributed by atoms with Crippen LogP contribution in [0.25, 0.3) is 0 Å². The van der Waals surface area contributed by atoms with Gasteiger partial charge in [0.05, 0.1) is 77.8 Å². The Balaban J connectivity index is 0.000000396. The lowest BCUT2D eigenvalue weighted by molar-refractivity contribution is -0.121. The van der Waals surface area contributed by atoms with E-state index in [2.05, 4.69) is 29.5 Å². The summed E-state index contributed by atoms with van der Waals surface area (Å²) in [6.45, 7) is 11.7. The van der Waals surface area contributed by atoms with Gasteiger partial charge in [-0.1, -0.05) is 31.2 Å². The summed E-state index contributed by atoms with van der Waals surface area (Å²) in [6.07, 6.45) is 4.63. The summed E-state index contributed by atoms with van der Waals surface area (Å²) in [5.74, 6) is -0.0238. The van der Waals surface area contributed by atoms with E-state index >= 15 is 0 Å². The molecule has 1 aliphatic carbocycles. The van der Waals surface area contributed by atoms with Crippen molar-refractivity contribution in [3.05, 3.63) is 52.9 Å². The Bertz CT molecular complexity index is 1200. The van der Waals surface area contributed by atoms with E-state index in [-0.39, 0.29) is 34.4 Å². The molecule has 0 spiro atoms. The smallest absolute Gasteiger partial charge is 0.222 e. The molecule has 1 amide bonds. The molecule has 0 atom stereocenters. The fourth-order valence-electron chi connectivity index (χ4n) is 3.79. The van der Waals surface area contributed by atoms with Crippen LogP contribution in [0.5, 0.6) is 5.75 Å². The Labute approximate surface area is 258 Å². The van der Waals surface area contributed by atoms with E-state index in [0.29, 0.717) is 84.0 Å². The number of phenols is 1. The lowest BCUT2D eigenvalue weighted by Crippen LogP contribution is -2.20. The van der Waals surface area contributed by atoms with Crippen LogP contribution in [0.3, 0.4) is 0 Å². The number of ketones is 2. The molecule has 0 unspecified atom stereocenters. The zero-order valence-electron chi connectivity index (χ0n) is 26.2. The summed E-state index contributed by atoms with van der Waals surface area (Å²) in [5, 5.41) is 20.2. The number of amides is 1. The molecule has 0 aliphatic heterocycles. The first-order chi connectivity index (χ1) is 21.2. The van der Waals surface area contributed by atoms with Gasteiger partial charge in [-0.05, 0) is 31.4 Å². The number of fused-ring (bicyclic) bond motifs is 1. The number of Topliss-reactive ketones (excluding diaryl/α,β-unsaturated/α-hetero) is 1. The van der Waals surface area contributed by atoms with Gasteiger partial charge in [-0.2, -0.15) is 0 Å². The number of phenolic OH excluding ortho intramolecular Hbond substituents is 1. The quantitative estimate of drug-likeness (QED) is 0.210. The van der Waals surface area contributed by atoms with Crippen molar-refractivity contribution in [3.8, 4) is 5.75 Å². The van der Waals surface area contributed by atoms with Crippen molar-refractivity contribution >= 4 is 17.5 Å². The number of hydrogen-bond donors (Lipinski definition) is 2. The third-order valence-corrected chi connectivity index (χ3v) is 6.25. The van der Waals surface area contributed by atoms with Gasteiger partial charge in [0.1, 0.15) is 11.4 Å². The molecule has 244 valence electrons. The van der Waals surface area contributed by atoms with Gasteiger partial charge in [0.2, 0.25) is 5.91 Å². The average Bonchev–Trinajstić information content (AvgIpc) is 3.46. The van der Waals surface area contributed by atoms with E-state index in [1.54, 1.807) is 26.1 Å². The monoisotopic (exact) mass is 618 g/mol. The maximum atomic E-state index is 11.6. The van der Waals surface area contributed by atoms with Crippen molar-refractivity contribution in [2.75, 3.05) is 66.5 Å². The molecule has 1 heterocycles.